The van der Waals surface area contributed by atoms with E-state index in [9.17, 15) is 14.3 Å². The molecule has 28 heavy (non-hydrogen) atoms. The van der Waals surface area contributed by atoms with Gasteiger partial charge in [0, 0.05) is 38.1 Å². The van der Waals surface area contributed by atoms with Gasteiger partial charge in [-0.05, 0) is 43.5 Å². The van der Waals surface area contributed by atoms with Gasteiger partial charge in [-0.25, -0.2) is 4.39 Å². The molecule has 3 atom stereocenters. The molecule has 1 saturated heterocycles. The summed E-state index contributed by atoms with van der Waals surface area (Å²) in [6, 6.07) is 6.29. The maximum atomic E-state index is 13.4. The number of ether oxygens (including phenoxy) is 3. The first-order chi connectivity index (χ1) is 13.6. The minimum Gasteiger partial charge on any atom is -0.459 e. The summed E-state index contributed by atoms with van der Waals surface area (Å²) in [4.78, 5) is 14.7. The van der Waals surface area contributed by atoms with E-state index in [1.54, 1.807) is 17.0 Å². The Morgan fingerprint density at radius 1 is 1.29 bits per heavy atom. The number of hydrogen-bond donors (Lipinski definition) is 1. The fraction of sp³-hybridized carbons (Fsp3) is 0.571. The lowest BCUT2D eigenvalue weighted by Crippen LogP contribution is -2.44. The van der Waals surface area contributed by atoms with Crippen LogP contribution >= 0.6 is 0 Å². The van der Waals surface area contributed by atoms with Gasteiger partial charge in [0.05, 0.1) is 13.2 Å². The quantitative estimate of drug-likeness (QED) is 0.771. The summed E-state index contributed by atoms with van der Waals surface area (Å²) in [6.07, 6.45) is 2.48. The largest absolute Gasteiger partial charge is 0.459 e. The summed E-state index contributed by atoms with van der Waals surface area (Å²) >= 11 is 0. The van der Waals surface area contributed by atoms with Crippen LogP contribution in [0, 0.1) is 11.7 Å². The van der Waals surface area contributed by atoms with Crippen molar-refractivity contribution in [1.82, 2.24) is 4.90 Å². The standard InChI is InChI=1S/C21H28FNO5/c1-2-27-21-17(4-3-11-24)18(15-5-7-16(22)8-6-15)14-19(28-21)20(25)23-9-12-26-13-10-23/h5-8,14,17-18,21,24H,2-4,9-13H2,1H3/t17-,18+,21+/m0/s1. The predicted molar refractivity (Wildman–Crippen MR) is 101 cm³/mol. The highest BCUT2D eigenvalue weighted by Crippen LogP contribution is 2.39. The molecule has 0 radical (unpaired) electrons. The smallest absolute Gasteiger partial charge is 0.288 e. The highest BCUT2D eigenvalue weighted by atomic mass is 19.1. The monoisotopic (exact) mass is 393 g/mol. The first-order valence-corrected chi connectivity index (χ1v) is 9.87. The molecule has 0 bridgehead atoms. The number of carbonyl (C=O) groups excluding carboxylic acids is 1. The van der Waals surface area contributed by atoms with Crippen molar-refractivity contribution in [2.45, 2.75) is 32.0 Å². The molecule has 7 heteroatoms. The second-order valence-corrected chi connectivity index (χ2v) is 6.98. The third kappa shape index (κ3) is 4.90. The average molecular weight is 393 g/mol. The molecule has 3 rings (SSSR count). The third-order valence-corrected chi connectivity index (χ3v) is 5.18. The zero-order valence-electron chi connectivity index (χ0n) is 16.2. The Kier molecular flexibility index (Phi) is 7.42. The summed E-state index contributed by atoms with van der Waals surface area (Å²) in [7, 11) is 0. The zero-order chi connectivity index (χ0) is 19.9. The Bertz CT molecular complexity index is 672. The molecule has 0 unspecified atom stereocenters. The van der Waals surface area contributed by atoms with Crippen molar-refractivity contribution in [2.24, 2.45) is 5.92 Å². The van der Waals surface area contributed by atoms with E-state index in [-0.39, 0.29) is 35.9 Å². The summed E-state index contributed by atoms with van der Waals surface area (Å²) in [6.45, 7) is 4.44. The molecule has 154 valence electrons. The van der Waals surface area contributed by atoms with E-state index in [4.69, 9.17) is 14.2 Å². The Balaban J connectivity index is 1.92. The molecule has 1 amide bonds. The van der Waals surface area contributed by atoms with Crippen LogP contribution in [0.4, 0.5) is 4.39 Å². The summed E-state index contributed by atoms with van der Waals surface area (Å²) in [5, 5.41) is 9.30. The number of rotatable bonds is 7. The number of aliphatic hydroxyl groups excluding tert-OH is 1. The fourth-order valence-corrected chi connectivity index (χ4v) is 3.74. The van der Waals surface area contributed by atoms with Crippen LogP contribution in [0.3, 0.4) is 0 Å². The van der Waals surface area contributed by atoms with E-state index in [0.717, 1.165) is 5.56 Å². The first kappa shape index (κ1) is 20.8. The summed E-state index contributed by atoms with van der Waals surface area (Å²) < 4.78 is 30.5. The van der Waals surface area contributed by atoms with Crippen molar-refractivity contribution in [1.29, 1.82) is 0 Å². The number of nitrogens with zero attached hydrogens (tertiary/aromatic N) is 1. The van der Waals surface area contributed by atoms with Crippen LogP contribution in [-0.4, -0.2) is 61.7 Å². The van der Waals surface area contributed by atoms with Crippen molar-refractivity contribution in [3.8, 4) is 0 Å². The van der Waals surface area contributed by atoms with Gasteiger partial charge in [0.25, 0.3) is 5.91 Å². The first-order valence-electron chi connectivity index (χ1n) is 9.87. The molecule has 0 spiro atoms. The van der Waals surface area contributed by atoms with E-state index in [1.807, 2.05) is 13.0 Å². The molecular weight excluding hydrogens is 365 g/mol. The number of aliphatic hydroxyl groups is 1. The van der Waals surface area contributed by atoms with Crippen molar-refractivity contribution >= 4 is 5.91 Å². The highest BCUT2D eigenvalue weighted by molar-refractivity contribution is 5.92. The van der Waals surface area contributed by atoms with E-state index in [2.05, 4.69) is 0 Å². The summed E-state index contributed by atoms with van der Waals surface area (Å²) in [5.41, 5.74) is 0.893. The van der Waals surface area contributed by atoms with Gasteiger partial charge >= 0.3 is 0 Å². The number of morpholine rings is 1. The van der Waals surface area contributed by atoms with Crippen LogP contribution in [0.25, 0.3) is 0 Å². The molecule has 1 aromatic carbocycles. The van der Waals surface area contributed by atoms with E-state index >= 15 is 0 Å². The fourth-order valence-electron chi connectivity index (χ4n) is 3.74. The maximum Gasteiger partial charge on any atom is 0.288 e. The third-order valence-electron chi connectivity index (χ3n) is 5.18. The van der Waals surface area contributed by atoms with Crippen molar-refractivity contribution < 1.29 is 28.5 Å². The molecule has 1 N–H and O–H groups in total. The number of halogens is 1. The van der Waals surface area contributed by atoms with Gasteiger partial charge in [-0.3, -0.25) is 4.79 Å². The van der Waals surface area contributed by atoms with Crippen molar-refractivity contribution in [2.75, 3.05) is 39.5 Å². The maximum absolute atomic E-state index is 13.4. The minimum atomic E-state index is -0.600. The molecule has 6 nitrogen and oxygen atoms in total. The number of benzene rings is 1. The second-order valence-electron chi connectivity index (χ2n) is 6.98. The van der Waals surface area contributed by atoms with Gasteiger partial charge in [0.1, 0.15) is 5.82 Å². The molecule has 0 aliphatic carbocycles. The van der Waals surface area contributed by atoms with Gasteiger partial charge in [0.2, 0.25) is 6.29 Å². The highest BCUT2D eigenvalue weighted by Gasteiger charge is 2.38. The van der Waals surface area contributed by atoms with Gasteiger partial charge in [-0.15, -0.1) is 0 Å². The molecule has 2 aliphatic rings. The van der Waals surface area contributed by atoms with Crippen LogP contribution in [0.2, 0.25) is 0 Å². The minimum absolute atomic E-state index is 0.0642. The Morgan fingerprint density at radius 2 is 2.00 bits per heavy atom. The molecule has 1 aromatic rings. The Labute approximate surface area is 164 Å². The predicted octanol–water partition coefficient (Wildman–Crippen LogP) is 2.43. The topological polar surface area (TPSA) is 68.2 Å². The molecular formula is C21H28FNO5. The second kappa shape index (κ2) is 10.0. The van der Waals surface area contributed by atoms with Crippen molar-refractivity contribution in [3.05, 3.63) is 47.5 Å². The van der Waals surface area contributed by atoms with Gasteiger partial charge in [-0.1, -0.05) is 12.1 Å². The lowest BCUT2D eigenvalue weighted by molar-refractivity contribution is -0.171. The number of carbonyl (C=O) groups is 1. The van der Waals surface area contributed by atoms with Crippen LogP contribution in [-0.2, 0) is 19.0 Å². The molecule has 0 saturated carbocycles. The van der Waals surface area contributed by atoms with Crippen molar-refractivity contribution in [3.63, 3.8) is 0 Å². The number of amides is 1. The van der Waals surface area contributed by atoms with Gasteiger partial charge < -0.3 is 24.2 Å². The van der Waals surface area contributed by atoms with E-state index in [1.165, 1.54) is 12.1 Å². The lowest BCUT2D eigenvalue weighted by atomic mass is 9.80. The Morgan fingerprint density at radius 3 is 2.64 bits per heavy atom. The Hall–Kier alpha value is -1.96. The van der Waals surface area contributed by atoms with Gasteiger partial charge in [-0.2, -0.15) is 0 Å². The number of allylic oxidation sites excluding steroid dienone is 1. The van der Waals surface area contributed by atoms with E-state index < -0.39 is 6.29 Å². The van der Waals surface area contributed by atoms with Gasteiger partial charge in [0.15, 0.2) is 5.76 Å². The van der Waals surface area contributed by atoms with Crippen LogP contribution in [0.1, 0.15) is 31.2 Å². The normalized spacial score (nSPS) is 25.2. The lowest BCUT2D eigenvalue weighted by Gasteiger charge is -2.38. The van der Waals surface area contributed by atoms with Crippen LogP contribution in [0.5, 0.6) is 0 Å². The van der Waals surface area contributed by atoms with Crippen LogP contribution < -0.4 is 0 Å². The molecule has 1 fully saturated rings. The van der Waals surface area contributed by atoms with E-state index in [0.29, 0.717) is 45.8 Å². The average Bonchev–Trinajstić information content (AvgIpc) is 2.73. The van der Waals surface area contributed by atoms with Crippen LogP contribution in [0.15, 0.2) is 36.1 Å². The molecule has 0 aromatic heterocycles. The molecule has 2 aliphatic heterocycles. The summed E-state index contributed by atoms with van der Waals surface area (Å²) in [5.74, 6) is -0.482. The molecule has 2 heterocycles. The SMILES string of the molecule is CCO[C@@H]1OC(C(=O)N2CCOCC2)=C[C@H](c2ccc(F)cc2)[C@@H]1CCCO. The zero-order valence-corrected chi connectivity index (χ0v) is 16.2. The number of hydrogen-bond acceptors (Lipinski definition) is 5.